The quantitative estimate of drug-likeness (QED) is 0.451. The van der Waals surface area contributed by atoms with Crippen LogP contribution in [0.5, 0.6) is 5.75 Å². The van der Waals surface area contributed by atoms with Gasteiger partial charge in [-0.25, -0.2) is 0 Å². The van der Waals surface area contributed by atoms with E-state index in [9.17, 15) is 0 Å². The SMILES string of the molecule is CCCOCCC(NN)c1cccc2c1OCCC2. The van der Waals surface area contributed by atoms with Gasteiger partial charge in [-0.3, -0.25) is 11.3 Å². The highest BCUT2D eigenvalue weighted by molar-refractivity contribution is 5.44. The first-order valence-electron chi connectivity index (χ1n) is 7.15. The third-order valence-electron chi connectivity index (χ3n) is 3.44. The monoisotopic (exact) mass is 264 g/mol. The first kappa shape index (κ1) is 14.3. The van der Waals surface area contributed by atoms with E-state index < -0.39 is 0 Å². The van der Waals surface area contributed by atoms with Gasteiger partial charge in [0.2, 0.25) is 0 Å². The largest absolute Gasteiger partial charge is 0.493 e. The fraction of sp³-hybridized carbons (Fsp3) is 0.600. The zero-order valence-electron chi connectivity index (χ0n) is 11.7. The Bertz CT molecular complexity index is 396. The number of nitrogens with one attached hydrogen (secondary N) is 1. The van der Waals surface area contributed by atoms with Crippen molar-refractivity contribution in [3.05, 3.63) is 29.3 Å². The van der Waals surface area contributed by atoms with E-state index in [1.165, 1.54) is 5.56 Å². The Labute approximate surface area is 115 Å². The Morgan fingerprint density at radius 1 is 1.42 bits per heavy atom. The van der Waals surface area contributed by atoms with Gasteiger partial charge < -0.3 is 9.47 Å². The average molecular weight is 264 g/mol. The topological polar surface area (TPSA) is 56.5 Å². The van der Waals surface area contributed by atoms with Crippen molar-refractivity contribution in [3.8, 4) is 5.75 Å². The molecule has 0 spiro atoms. The molecular formula is C15H24N2O2. The van der Waals surface area contributed by atoms with Gasteiger partial charge in [0.1, 0.15) is 5.75 Å². The van der Waals surface area contributed by atoms with Gasteiger partial charge in [0, 0.05) is 18.8 Å². The molecule has 1 aliphatic heterocycles. The molecule has 1 aromatic rings. The molecule has 0 aromatic heterocycles. The third-order valence-corrected chi connectivity index (χ3v) is 3.44. The van der Waals surface area contributed by atoms with E-state index in [4.69, 9.17) is 15.3 Å². The predicted octanol–water partition coefficient (Wildman–Crippen LogP) is 2.33. The van der Waals surface area contributed by atoms with Crippen LogP contribution in [0.1, 0.15) is 43.4 Å². The van der Waals surface area contributed by atoms with E-state index >= 15 is 0 Å². The summed E-state index contributed by atoms with van der Waals surface area (Å²) in [5.74, 6) is 6.71. The standard InChI is InChI=1S/C15H24N2O2/c1-2-9-18-11-8-14(17-16)13-7-3-5-12-6-4-10-19-15(12)13/h3,5,7,14,17H,2,4,6,8-11,16H2,1H3. The highest BCUT2D eigenvalue weighted by Crippen LogP contribution is 2.33. The lowest BCUT2D eigenvalue weighted by Crippen LogP contribution is -2.30. The molecule has 0 saturated carbocycles. The van der Waals surface area contributed by atoms with Crippen LogP contribution >= 0.6 is 0 Å². The molecule has 1 aromatic carbocycles. The van der Waals surface area contributed by atoms with Crippen LogP contribution in [-0.2, 0) is 11.2 Å². The number of rotatable bonds is 7. The number of benzene rings is 1. The summed E-state index contributed by atoms with van der Waals surface area (Å²) in [6, 6.07) is 6.40. The number of nitrogens with two attached hydrogens (primary N) is 1. The maximum atomic E-state index is 5.83. The van der Waals surface area contributed by atoms with Gasteiger partial charge in [0.25, 0.3) is 0 Å². The minimum atomic E-state index is 0.0879. The average Bonchev–Trinajstić information content (AvgIpc) is 2.47. The van der Waals surface area contributed by atoms with Crippen molar-refractivity contribution < 1.29 is 9.47 Å². The van der Waals surface area contributed by atoms with Crippen LogP contribution in [0.4, 0.5) is 0 Å². The fourth-order valence-electron chi connectivity index (χ4n) is 2.47. The summed E-state index contributed by atoms with van der Waals surface area (Å²) in [4.78, 5) is 0. The molecule has 0 bridgehead atoms. The summed E-state index contributed by atoms with van der Waals surface area (Å²) < 4.78 is 11.4. The number of hydrogen-bond donors (Lipinski definition) is 2. The van der Waals surface area contributed by atoms with Gasteiger partial charge >= 0.3 is 0 Å². The zero-order chi connectivity index (χ0) is 13.5. The van der Waals surface area contributed by atoms with Gasteiger partial charge in [0.05, 0.1) is 12.6 Å². The summed E-state index contributed by atoms with van der Waals surface area (Å²) >= 11 is 0. The molecule has 1 aliphatic rings. The van der Waals surface area contributed by atoms with Crippen molar-refractivity contribution >= 4 is 0 Å². The van der Waals surface area contributed by atoms with E-state index in [-0.39, 0.29) is 6.04 Å². The number of hydrogen-bond acceptors (Lipinski definition) is 4. The normalized spacial score (nSPS) is 15.7. The Morgan fingerprint density at radius 2 is 2.32 bits per heavy atom. The van der Waals surface area contributed by atoms with E-state index in [0.717, 1.165) is 50.2 Å². The van der Waals surface area contributed by atoms with Crippen molar-refractivity contribution in [2.75, 3.05) is 19.8 Å². The first-order chi connectivity index (χ1) is 9.36. The second-order valence-corrected chi connectivity index (χ2v) is 4.91. The van der Waals surface area contributed by atoms with Crippen LogP contribution in [0, 0.1) is 0 Å². The molecule has 0 aliphatic carbocycles. The van der Waals surface area contributed by atoms with Crippen LogP contribution in [-0.4, -0.2) is 19.8 Å². The van der Waals surface area contributed by atoms with E-state index in [2.05, 4.69) is 30.5 Å². The highest BCUT2D eigenvalue weighted by Gasteiger charge is 2.20. The molecule has 19 heavy (non-hydrogen) atoms. The number of aryl methyl sites for hydroxylation is 1. The maximum Gasteiger partial charge on any atom is 0.127 e. The number of ether oxygens (including phenoxy) is 2. The molecule has 106 valence electrons. The summed E-state index contributed by atoms with van der Waals surface area (Å²) in [5.41, 5.74) is 5.33. The molecule has 3 N–H and O–H groups in total. The molecule has 0 fully saturated rings. The van der Waals surface area contributed by atoms with Crippen molar-refractivity contribution in [2.24, 2.45) is 5.84 Å². The van der Waals surface area contributed by atoms with Gasteiger partial charge in [0.15, 0.2) is 0 Å². The van der Waals surface area contributed by atoms with Crippen LogP contribution in [0.3, 0.4) is 0 Å². The summed E-state index contributed by atoms with van der Waals surface area (Å²) in [6.45, 7) is 4.43. The lowest BCUT2D eigenvalue weighted by atomic mass is 9.97. The van der Waals surface area contributed by atoms with Crippen molar-refractivity contribution in [3.63, 3.8) is 0 Å². The lowest BCUT2D eigenvalue weighted by Gasteiger charge is -2.24. The molecule has 0 radical (unpaired) electrons. The van der Waals surface area contributed by atoms with Gasteiger partial charge in [-0.2, -0.15) is 0 Å². The Kier molecular flexibility index (Phi) is 5.63. The molecule has 2 rings (SSSR count). The van der Waals surface area contributed by atoms with E-state index in [0.29, 0.717) is 6.61 Å². The zero-order valence-corrected chi connectivity index (χ0v) is 11.7. The lowest BCUT2D eigenvalue weighted by molar-refractivity contribution is 0.124. The minimum Gasteiger partial charge on any atom is -0.493 e. The van der Waals surface area contributed by atoms with E-state index in [1.54, 1.807) is 0 Å². The number of para-hydroxylation sites is 1. The summed E-state index contributed by atoms with van der Waals surface area (Å²) in [5, 5.41) is 0. The van der Waals surface area contributed by atoms with Gasteiger partial charge in [-0.15, -0.1) is 0 Å². The molecule has 1 atom stereocenters. The molecule has 4 nitrogen and oxygen atoms in total. The summed E-state index contributed by atoms with van der Waals surface area (Å²) in [7, 11) is 0. The number of fused-ring (bicyclic) bond motifs is 1. The third kappa shape index (κ3) is 3.69. The van der Waals surface area contributed by atoms with E-state index in [1.807, 2.05) is 0 Å². The van der Waals surface area contributed by atoms with Crippen molar-refractivity contribution in [1.29, 1.82) is 0 Å². The Balaban J connectivity index is 2.05. The molecule has 0 amide bonds. The molecular weight excluding hydrogens is 240 g/mol. The number of hydrazine groups is 1. The summed E-state index contributed by atoms with van der Waals surface area (Å²) in [6.07, 6.45) is 4.09. The first-order valence-corrected chi connectivity index (χ1v) is 7.15. The highest BCUT2D eigenvalue weighted by atomic mass is 16.5. The van der Waals surface area contributed by atoms with Crippen molar-refractivity contribution in [2.45, 2.75) is 38.6 Å². The second kappa shape index (κ2) is 7.48. The predicted molar refractivity (Wildman–Crippen MR) is 76.0 cm³/mol. The fourth-order valence-corrected chi connectivity index (χ4v) is 2.47. The van der Waals surface area contributed by atoms with Crippen LogP contribution in [0.2, 0.25) is 0 Å². The smallest absolute Gasteiger partial charge is 0.127 e. The molecule has 0 saturated heterocycles. The van der Waals surface area contributed by atoms with Crippen LogP contribution < -0.4 is 16.0 Å². The van der Waals surface area contributed by atoms with Crippen LogP contribution in [0.15, 0.2) is 18.2 Å². The Morgan fingerprint density at radius 3 is 3.11 bits per heavy atom. The maximum absolute atomic E-state index is 5.83. The second-order valence-electron chi connectivity index (χ2n) is 4.91. The van der Waals surface area contributed by atoms with Crippen LogP contribution in [0.25, 0.3) is 0 Å². The molecule has 4 heteroatoms. The molecule has 1 heterocycles. The van der Waals surface area contributed by atoms with Gasteiger partial charge in [-0.1, -0.05) is 25.1 Å². The molecule has 1 unspecified atom stereocenters. The van der Waals surface area contributed by atoms with Gasteiger partial charge in [-0.05, 0) is 31.2 Å². The minimum absolute atomic E-state index is 0.0879. The Hall–Kier alpha value is -1.10. The van der Waals surface area contributed by atoms with Crippen molar-refractivity contribution in [1.82, 2.24) is 5.43 Å².